The first-order chi connectivity index (χ1) is 10.1. The molecule has 0 radical (unpaired) electrons. The van der Waals surface area contributed by atoms with Crippen molar-refractivity contribution >= 4 is 8.56 Å². The van der Waals surface area contributed by atoms with Gasteiger partial charge in [0.15, 0.2) is 0 Å². The van der Waals surface area contributed by atoms with E-state index in [0.29, 0.717) is 6.10 Å². The van der Waals surface area contributed by atoms with Crippen molar-refractivity contribution in [3.63, 3.8) is 0 Å². The van der Waals surface area contributed by atoms with Crippen molar-refractivity contribution in [2.45, 2.75) is 111 Å². The largest absolute Gasteiger partial charge is 0.395 e. The van der Waals surface area contributed by atoms with Gasteiger partial charge in [-0.3, -0.25) is 0 Å². The lowest BCUT2D eigenvalue weighted by molar-refractivity contribution is 0.106. The number of hydrogen-bond acceptors (Lipinski definition) is 2. The molecule has 0 aliphatic heterocycles. The normalized spacial score (nSPS) is 12.3. The van der Waals surface area contributed by atoms with E-state index in [1.54, 1.807) is 0 Å². The minimum atomic E-state index is -1.92. The highest BCUT2D eigenvalue weighted by atomic mass is 28.4. The molecule has 3 heteroatoms. The molecule has 0 aliphatic carbocycles. The van der Waals surface area contributed by atoms with Gasteiger partial charge in [-0.15, -0.1) is 0 Å². The predicted molar refractivity (Wildman–Crippen MR) is 96.1 cm³/mol. The Hall–Kier alpha value is 0.137. The average molecular weight is 317 g/mol. The zero-order chi connectivity index (χ0) is 16.0. The first kappa shape index (κ1) is 21.1. The third-order valence-corrected chi connectivity index (χ3v) is 5.67. The molecule has 0 aromatic rings. The van der Waals surface area contributed by atoms with Gasteiger partial charge in [0, 0.05) is 12.7 Å². The number of unbranched alkanes of at least 4 members (excludes halogenated alkanes) is 6. The summed E-state index contributed by atoms with van der Waals surface area (Å²) < 4.78 is 12.4. The van der Waals surface area contributed by atoms with Gasteiger partial charge in [-0.25, -0.2) is 0 Å². The SMILES string of the molecule is CCCCCCCCCO[Si](C)(C)OC(CCC)CCC. The first-order valence-electron chi connectivity index (χ1n) is 9.37. The van der Waals surface area contributed by atoms with E-state index in [4.69, 9.17) is 8.85 Å². The second-order valence-corrected chi connectivity index (χ2v) is 10.0. The van der Waals surface area contributed by atoms with Gasteiger partial charge in [0.2, 0.25) is 0 Å². The Labute approximate surface area is 135 Å². The van der Waals surface area contributed by atoms with Crippen LogP contribution in [0, 0.1) is 0 Å². The summed E-state index contributed by atoms with van der Waals surface area (Å²) in [6.07, 6.45) is 14.5. The van der Waals surface area contributed by atoms with E-state index < -0.39 is 8.56 Å². The Morgan fingerprint density at radius 1 is 0.714 bits per heavy atom. The van der Waals surface area contributed by atoms with Crippen LogP contribution in [0.3, 0.4) is 0 Å². The van der Waals surface area contributed by atoms with Crippen molar-refractivity contribution in [2.75, 3.05) is 6.61 Å². The molecular formula is C18H40O2Si. The summed E-state index contributed by atoms with van der Waals surface area (Å²) in [6, 6.07) is 0. The first-order valence-corrected chi connectivity index (χ1v) is 12.2. The van der Waals surface area contributed by atoms with Crippen LogP contribution in [0.15, 0.2) is 0 Å². The Morgan fingerprint density at radius 3 is 1.76 bits per heavy atom. The molecule has 0 amide bonds. The van der Waals surface area contributed by atoms with Crippen molar-refractivity contribution in [1.29, 1.82) is 0 Å². The number of rotatable bonds is 15. The van der Waals surface area contributed by atoms with E-state index in [2.05, 4.69) is 33.9 Å². The van der Waals surface area contributed by atoms with Crippen LogP contribution in [0.4, 0.5) is 0 Å². The molecule has 21 heavy (non-hydrogen) atoms. The monoisotopic (exact) mass is 316 g/mol. The molecule has 0 bridgehead atoms. The third kappa shape index (κ3) is 13.5. The van der Waals surface area contributed by atoms with Crippen LogP contribution < -0.4 is 0 Å². The molecule has 0 fully saturated rings. The molecular weight excluding hydrogens is 276 g/mol. The zero-order valence-corrected chi connectivity index (χ0v) is 16.4. The third-order valence-electron chi connectivity index (χ3n) is 3.87. The summed E-state index contributed by atoms with van der Waals surface area (Å²) in [5.41, 5.74) is 0. The average Bonchev–Trinajstić information content (AvgIpc) is 2.42. The van der Waals surface area contributed by atoms with Crippen LogP contribution in [0.25, 0.3) is 0 Å². The molecule has 0 rings (SSSR count). The number of hydrogen-bond donors (Lipinski definition) is 0. The Bertz CT molecular complexity index is 213. The molecule has 0 unspecified atom stereocenters. The van der Waals surface area contributed by atoms with E-state index in [1.165, 1.54) is 70.6 Å². The molecule has 0 heterocycles. The van der Waals surface area contributed by atoms with Crippen molar-refractivity contribution in [2.24, 2.45) is 0 Å². The second-order valence-electron chi connectivity index (χ2n) is 6.69. The van der Waals surface area contributed by atoms with Crippen LogP contribution in [-0.2, 0) is 8.85 Å². The lowest BCUT2D eigenvalue weighted by atomic mass is 10.1. The maximum Gasteiger partial charge on any atom is 0.331 e. The Morgan fingerprint density at radius 2 is 1.24 bits per heavy atom. The van der Waals surface area contributed by atoms with Gasteiger partial charge in [0.1, 0.15) is 0 Å². The summed E-state index contributed by atoms with van der Waals surface area (Å²) in [5, 5.41) is 0. The maximum atomic E-state index is 6.30. The van der Waals surface area contributed by atoms with E-state index >= 15 is 0 Å². The van der Waals surface area contributed by atoms with Gasteiger partial charge < -0.3 is 8.85 Å². The highest BCUT2D eigenvalue weighted by molar-refractivity contribution is 6.64. The Balaban J connectivity index is 3.70. The Kier molecular flexibility index (Phi) is 13.9. The van der Waals surface area contributed by atoms with E-state index in [1.807, 2.05) is 0 Å². The summed E-state index contributed by atoms with van der Waals surface area (Å²) in [4.78, 5) is 0. The standard InChI is InChI=1S/C18H40O2Si/c1-6-9-10-11-12-13-14-17-19-21(4,5)20-18(15-7-2)16-8-3/h18H,6-17H2,1-5H3. The lowest BCUT2D eigenvalue weighted by Gasteiger charge is -2.29. The molecule has 0 aromatic heterocycles. The van der Waals surface area contributed by atoms with Crippen molar-refractivity contribution in [3.05, 3.63) is 0 Å². The van der Waals surface area contributed by atoms with Crippen LogP contribution in [0.1, 0.15) is 91.4 Å². The van der Waals surface area contributed by atoms with E-state index in [0.717, 1.165) is 6.61 Å². The second kappa shape index (κ2) is 13.8. The summed E-state index contributed by atoms with van der Waals surface area (Å²) in [7, 11) is -1.92. The van der Waals surface area contributed by atoms with Crippen LogP contribution in [-0.4, -0.2) is 21.3 Å². The minimum Gasteiger partial charge on any atom is -0.395 e. The van der Waals surface area contributed by atoms with Gasteiger partial charge in [0.25, 0.3) is 0 Å². The highest BCUT2D eigenvalue weighted by Crippen LogP contribution is 2.18. The van der Waals surface area contributed by atoms with Crippen molar-refractivity contribution in [1.82, 2.24) is 0 Å². The van der Waals surface area contributed by atoms with Gasteiger partial charge >= 0.3 is 8.56 Å². The van der Waals surface area contributed by atoms with Crippen molar-refractivity contribution < 1.29 is 8.85 Å². The molecule has 0 saturated heterocycles. The minimum absolute atomic E-state index is 0.413. The van der Waals surface area contributed by atoms with E-state index in [-0.39, 0.29) is 0 Å². The highest BCUT2D eigenvalue weighted by Gasteiger charge is 2.27. The zero-order valence-electron chi connectivity index (χ0n) is 15.4. The molecule has 0 saturated carbocycles. The summed E-state index contributed by atoms with van der Waals surface area (Å²) >= 11 is 0. The smallest absolute Gasteiger partial charge is 0.331 e. The maximum absolute atomic E-state index is 6.30. The fourth-order valence-electron chi connectivity index (χ4n) is 2.72. The molecule has 0 aliphatic rings. The van der Waals surface area contributed by atoms with Crippen LogP contribution in [0.2, 0.25) is 13.1 Å². The molecule has 0 atom stereocenters. The molecule has 128 valence electrons. The van der Waals surface area contributed by atoms with Gasteiger partial charge in [-0.1, -0.05) is 72.1 Å². The summed E-state index contributed by atoms with van der Waals surface area (Å²) in [5.74, 6) is 0. The van der Waals surface area contributed by atoms with Crippen LogP contribution in [0.5, 0.6) is 0 Å². The fourth-order valence-corrected chi connectivity index (χ4v) is 4.46. The predicted octanol–water partition coefficient (Wildman–Crippen LogP) is 6.44. The molecule has 0 spiro atoms. The van der Waals surface area contributed by atoms with Gasteiger partial charge in [-0.2, -0.15) is 0 Å². The molecule has 0 aromatic carbocycles. The lowest BCUT2D eigenvalue weighted by Crippen LogP contribution is -2.39. The molecule has 2 nitrogen and oxygen atoms in total. The van der Waals surface area contributed by atoms with Gasteiger partial charge in [0.05, 0.1) is 0 Å². The molecule has 0 N–H and O–H groups in total. The fraction of sp³-hybridized carbons (Fsp3) is 1.00. The van der Waals surface area contributed by atoms with E-state index in [9.17, 15) is 0 Å². The quantitative estimate of drug-likeness (QED) is 0.255. The topological polar surface area (TPSA) is 18.5 Å². The van der Waals surface area contributed by atoms with Gasteiger partial charge in [-0.05, 0) is 32.4 Å². The summed E-state index contributed by atoms with van der Waals surface area (Å²) in [6.45, 7) is 12.0. The van der Waals surface area contributed by atoms with Crippen LogP contribution >= 0.6 is 0 Å². The van der Waals surface area contributed by atoms with Crippen molar-refractivity contribution in [3.8, 4) is 0 Å².